The van der Waals surface area contributed by atoms with Crippen LogP contribution in [0, 0.1) is 5.92 Å². The van der Waals surface area contributed by atoms with Gasteiger partial charge in [-0.2, -0.15) is 10.2 Å². The van der Waals surface area contributed by atoms with Gasteiger partial charge in [-0.25, -0.2) is 0 Å². The summed E-state index contributed by atoms with van der Waals surface area (Å²) in [5.74, 6) is 0.645. The molecule has 2 aliphatic rings. The molecule has 0 radical (unpaired) electrons. The Morgan fingerprint density at radius 3 is 2.79 bits per heavy atom. The molecule has 0 bridgehead atoms. The highest BCUT2D eigenvalue weighted by atomic mass is 16.3. The molecule has 6 heteroatoms. The second kappa shape index (κ2) is 6.69. The van der Waals surface area contributed by atoms with E-state index < -0.39 is 0 Å². The van der Waals surface area contributed by atoms with Crippen molar-refractivity contribution in [3.8, 4) is 0 Å². The Kier molecular flexibility index (Phi) is 4.41. The minimum absolute atomic E-state index is 0.229. The summed E-state index contributed by atoms with van der Waals surface area (Å²) in [7, 11) is 1.94. The predicted molar refractivity (Wildman–Crippen MR) is 91.5 cm³/mol. The first-order valence-electron chi connectivity index (χ1n) is 9.08. The van der Waals surface area contributed by atoms with Crippen LogP contribution in [0.15, 0.2) is 24.7 Å². The first kappa shape index (κ1) is 15.8. The van der Waals surface area contributed by atoms with Gasteiger partial charge < -0.3 is 5.11 Å². The maximum absolute atomic E-state index is 9.76. The molecule has 4 rings (SSSR count). The zero-order valence-electron chi connectivity index (χ0n) is 14.4. The van der Waals surface area contributed by atoms with Crippen molar-refractivity contribution in [3.05, 3.63) is 35.9 Å². The van der Waals surface area contributed by atoms with E-state index in [2.05, 4.69) is 33.1 Å². The highest BCUT2D eigenvalue weighted by molar-refractivity contribution is 5.16. The van der Waals surface area contributed by atoms with Gasteiger partial charge in [0.1, 0.15) is 0 Å². The average molecular weight is 329 g/mol. The molecule has 2 aromatic heterocycles. The van der Waals surface area contributed by atoms with Crippen molar-refractivity contribution in [1.82, 2.24) is 24.5 Å². The van der Waals surface area contributed by atoms with Crippen LogP contribution in [0.1, 0.15) is 48.9 Å². The first-order valence-corrected chi connectivity index (χ1v) is 9.08. The fourth-order valence-corrected chi connectivity index (χ4v) is 4.35. The number of aliphatic hydroxyl groups is 1. The predicted octanol–water partition coefficient (Wildman–Crippen LogP) is 1.94. The molecule has 0 amide bonds. The molecule has 6 nitrogen and oxygen atoms in total. The number of aliphatic hydroxyl groups excluding tert-OH is 1. The van der Waals surface area contributed by atoms with Crippen LogP contribution in [0.5, 0.6) is 0 Å². The van der Waals surface area contributed by atoms with Crippen molar-refractivity contribution in [2.45, 2.75) is 44.2 Å². The van der Waals surface area contributed by atoms with Gasteiger partial charge in [0.25, 0.3) is 0 Å². The maximum Gasteiger partial charge on any atom is 0.0764 e. The minimum atomic E-state index is 0.229. The zero-order chi connectivity index (χ0) is 16.5. The smallest absolute Gasteiger partial charge is 0.0764 e. The molecule has 2 fully saturated rings. The molecule has 3 heterocycles. The second-order valence-electron chi connectivity index (χ2n) is 7.42. The van der Waals surface area contributed by atoms with Gasteiger partial charge in [0.15, 0.2) is 0 Å². The molecular weight excluding hydrogens is 302 g/mol. The van der Waals surface area contributed by atoms with Crippen molar-refractivity contribution in [2.24, 2.45) is 13.0 Å². The number of aryl methyl sites for hydroxylation is 1. The molecule has 130 valence electrons. The van der Waals surface area contributed by atoms with Crippen molar-refractivity contribution >= 4 is 0 Å². The number of hydrogen-bond donors (Lipinski definition) is 1. The molecule has 24 heavy (non-hydrogen) atoms. The molecule has 1 aliphatic heterocycles. The molecule has 0 unspecified atom stereocenters. The quantitative estimate of drug-likeness (QED) is 0.911. The zero-order valence-corrected chi connectivity index (χ0v) is 14.4. The topological polar surface area (TPSA) is 59.1 Å². The fraction of sp³-hybridized carbons (Fsp3) is 0.667. The van der Waals surface area contributed by atoms with Crippen molar-refractivity contribution in [1.29, 1.82) is 0 Å². The van der Waals surface area contributed by atoms with E-state index in [1.165, 1.54) is 31.2 Å². The number of aromatic nitrogens is 4. The summed E-state index contributed by atoms with van der Waals surface area (Å²) < 4.78 is 4.01. The number of likely N-dealkylation sites (tertiary alicyclic amines) is 1. The lowest BCUT2D eigenvalue weighted by Crippen LogP contribution is -2.21. The van der Waals surface area contributed by atoms with E-state index >= 15 is 0 Å². The third kappa shape index (κ3) is 3.13. The van der Waals surface area contributed by atoms with Gasteiger partial charge in [0, 0.05) is 57.5 Å². The molecular formula is C18H27N5O. The fourth-order valence-electron chi connectivity index (χ4n) is 4.35. The van der Waals surface area contributed by atoms with Crippen LogP contribution in [0.3, 0.4) is 0 Å². The molecule has 0 spiro atoms. The van der Waals surface area contributed by atoms with Crippen LogP contribution in [-0.4, -0.2) is 49.3 Å². The number of hydrogen-bond acceptors (Lipinski definition) is 4. The Hall–Kier alpha value is -1.66. The summed E-state index contributed by atoms with van der Waals surface area (Å²) in [6.45, 7) is 2.99. The molecule has 2 atom stereocenters. The van der Waals surface area contributed by atoms with Crippen molar-refractivity contribution < 1.29 is 5.11 Å². The van der Waals surface area contributed by atoms with Crippen LogP contribution in [-0.2, 0) is 13.6 Å². The normalized spacial score (nSPS) is 25.8. The Morgan fingerprint density at radius 2 is 2.08 bits per heavy atom. The average Bonchev–Trinajstić information content (AvgIpc) is 3.34. The number of rotatable bonds is 5. The third-order valence-electron chi connectivity index (χ3n) is 5.65. The first-order chi connectivity index (χ1) is 11.7. The Morgan fingerprint density at radius 1 is 1.25 bits per heavy atom. The van der Waals surface area contributed by atoms with Gasteiger partial charge in [0.2, 0.25) is 0 Å². The molecule has 2 aromatic rings. The van der Waals surface area contributed by atoms with Gasteiger partial charge in [-0.1, -0.05) is 12.8 Å². The SMILES string of the molecule is Cn1cc([C@@H]2CN(Cc3ccn(C4CCCC4)n3)C[C@H]2CO)cn1. The molecule has 1 saturated heterocycles. The summed E-state index contributed by atoms with van der Waals surface area (Å²) in [6.07, 6.45) is 11.3. The van der Waals surface area contributed by atoms with Crippen LogP contribution >= 0.6 is 0 Å². The van der Waals surface area contributed by atoms with Gasteiger partial charge in [-0.05, 0) is 24.5 Å². The van der Waals surface area contributed by atoms with Crippen LogP contribution in [0.25, 0.3) is 0 Å². The minimum Gasteiger partial charge on any atom is -0.396 e. The maximum atomic E-state index is 9.76. The second-order valence-corrected chi connectivity index (χ2v) is 7.42. The number of nitrogens with zero attached hydrogens (tertiary/aromatic N) is 5. The monoisotopic (exact) mass is 329 g/mol. The van der Waals surface area contributed by atoms with Gasteiger partial charge in [-0.3, -0.25) is 14.3 Å². The lowest BCUT2D eigenvalue weighted by molar-refractivity contribution is 0.213. The highest BCUT2D eigenvalue weighted by Crippen LogP contribution is 2.33. The van der Waals surface area contributed by atoms with Crippen molar-refractivity contribution in [3.63, 3.8) is 0 Å². The molecule has 0 aromatic carbocycles. The molecule has 1 aliphatic carbocycles. The summed E-state index contributed by atoms with van der Waals surface area (Å²) in [4.78, 5) is 2.42. The van der Waals surface area contributed by atoms with Gasteiger partial charge >= 0.3 is 0 Å². The van der Waals surface area contributed by atoms with E-state index in [1.807, 2.05) is 17.9 Å². The standard InChI is InChI=1S/C18H27N5O/c1-21-9-14(8-19-21)18-12-22(10-15(18)13-24)11-16-6-7-23(20-16)17-4-2-3-5-17/h6-9,15,17-18,24H,2-5,10-13H2,1H3/t15-,18-/m0/s1. The van der Waals surface area contributed by atoms with Crippen molar-refractivity contribution in [2.75, 3.05) is 19.7 Å². The Labute approximate surface area is 143 Å². The summed E-state index contributed by atoms with van der Waals surface area (Å²) in [5, 5.41) is 18.9. The Bertz CT molecular complexity index is 673. The third-order valence-corrected chi connectivity index (χ3v) is 5.65. The van der Waals surface area contributed by atoms with E-state index in [1.54, 1.807) is 0 Å². The van der Waals surface area contributed by atoms with E-state index in [0.29, 0.717) is 12.0 Å². The highest BCUT2D eigenvalue weighted by Gasteiger charge is 2.34. The lowest BCUT2D eigenvalue weighted by atomic mass is 9.92. The summed E-state index contributed by atoms with van der Waals surface area (Å²) in [5.41, 5.74) is 2.38. The van der Waals surface area contributed by atoms with Crippen LogP contribution in [0.2, 0.25) is 0 Å². The van der Waals surface area contributed by atoms with Crippen LogP contribution in [0.4, 0.5) is 0 Å². The van der Waals surface area contributed by atoms with Crippen LogP contribution < -0.4 is 0 Å². The van der Waals surface area contributed by atoms with Gasteiger partial charge in [0.05, 0.1) is 17.9 Å². The molecule has 1 saturated carbocycles. The van der Waals surface area contributed by atoms with Gasteiger partial charge in [-0.15, -0.1) is 0 Å². The summed E-state index contributed by atoms with van der Waals surface area (Å²) >= 11 is 0. The van der Waals surface area contributed by atoms with E-state index in [9.17, 15) is 5.11 Å². The largest absolute Gasteiger partial charge is 0.396 e. The Balaban J connectivity index is 1.42. The van der Waals surface area contributed by atoms with E-state index in [-0.39, 0.29) is 12.5 Å². The lowest BCUT2D eigenvalue weighted by Gasteiger charge is -2.14. The molecule has 1 N–H and O–H groups in total. The van der Waals surface area contributed by atoms with E-state index in [4.69, 9.17) is 5.10 Å². The summed E-state index contributed by atoms with van der Waals surface area (Å²) in [6, 6.07) is 2.76. The van der Waals surface area contributed by atoms with E-state index in [0.717, 1.165) is 25.3 Å².